The van der Waals surface area contributed by atoms with E-state index in [1.807, 2.05) is 26.0 Å². The number of nitrogens with zero attached hydrogens (tertiary/aromatic N) is 1. The maximum atomic E-state index is 11.2. The maximum Gasteiger partial charge on any atom is 0.217 e. The minimum Gasteiger partial charge on any atom is -0.481 e. The Morgan fingerprint density at radius 2 is 2.11 bits per heavy atom. The first-order valence-corrected chi connectivity index (χ1v) is 7.80. The lowest BCUT2D eigenvalue weighted by Gasteiger charge is -2.25. The molecule has 1 heterocycles. The molecule has 1 rings (SSSR count). The second kappa shape index (κ2) is 6.31. The fourth-order valence-electron chi connectivity index (χ4n) is 1.79. The number of hydrogen-bond acceptors (Lipinski definition) is 5. The van der Waals surface area contributed by atoms with Crippen molar-refractivity contribution >= 4 is 10.0 Å². The molecule has 1 aromatic rings. The molecular weight excluding hydrogens is 266 g/mol. The lowest BCUT2D eigenvalue weighted by atomic mass is 10.1. The van der Waals surface area contributed by atoms with Gasteiger partial charge in [-0.05, 0) is 19.9 Å². The molecule has 0 unspecified atom stereocenters. The van der Waals surface area contributed by atoms with Crippen molar-refractivity contribution in [2.24, 2.45) is 0 Å². The third kappa shape index (κ3) is 6.00. The summed E-state index contributed by atoms with van der Waals surface area (Å²) >= 11 is 0. The number of hydrogen-bond donors (Lipinski definition) is 2. The van der Waals surface area contributed by atoms with Crippen LogP contribution in [0.25, 0.3) is 0 Å². The van der Waals surface area contributed by atoms with Gasteiger partial charge in [0.2, 0.25) is 15.9 Å². The largest absolute Gasteiger partial charge is 0.481 e. The summed E-state index contributed by atoms with van der Waals surface area (Å²) in [6, 6.07) is 3.75. The Morgan fingerprint density at radius 3 is 2.68 bits per heavy atom. The van der Waals surface area contributed by atoms with Gasteiger partial charge in [0.15, 0.2) is 0 Å². The number of pyridine rings is 1. The van der Waals surface area contributed by atoms with Gasteiger partial charge in [0.1, 0.15) is 0 Å². The van der Waals surface area contributed by atoms with Crippen LogP contribution < -0.4 is 14.8 Å². The number of nitrogens with one attached hydrogen (secondary N) is 2. The number of sulfonamides is 1. The van der Waals surface area contributed by atoms with Crippen LogP contribution in [0.15, 0.2) is 18.3 Å². The predicted octanol–water partition coefficient (Wildman–Crippen LogP) is 0.508. The molecule has 0 spiro atoms. The van der Waals surface area contributed by atoms with E-state index in [1.165, 1.54) is 0 Å². The smallest absolute Gasteiger partial charge is 0.217 e. The first-order chi connectivity index (χ1) is 8.73. The molecule has 0 amide bonds. The topological polar surface area (TPSA) is 80.3 Å². The van der Waals surface area contributed by atoms with Gasteiger partial charge in [0, 0.05) is 30.4 Å². The highest BCUT2D eigenvalue weighted by Gasteiger charge is 2.21. The van der Waals surface area contributed by atoms with Crippen LogP contribution in [0.1, 0.15) is 19.4 Å². The Morgan fingerprint density at radius 1 is 1.42 bits per heavy atom. The second-order valence-corrected chi connectivity index (χ2v) is 6.78. The summed E-state index contributed by atoms with van der Waals surface area (Å²) in [4.78, 5) is 4.10. The molecule has 0 aliphatic carbocycles. The molecule has 0 fully saturated rings. The van der Waals surface area contributed by atoms with Gasteiger partial charge in [-0.1, -0.05) is 6.07 Å². The quantitative estimate of drug-likeness (QED) is 0.763. The molecule has 0 radical (unpaired) electrons. The highest BCUT2D eigenvalue weighted by atomic mass is 32.2. The number of rotatable bonds is 7. The molecular formula is C12H21N3O3S. The van der Waals surface area contributed by atoms with Gasteiger partial charge in [0.25, 0.3) is 0 Å². The molecule has 0 saturated carbocycles. The van der Waals surface area contributed by atoms with Crippen LogP contribution in [-0.2, 0) is 16.6 Å². The van der Waals surface area contributed by atoms with Gasteiger partial charge in [0.05, 0.1) is 13.4 Å². The zero-order valence-electron chi connectivity index (χ0n) is 11.7. The molecule has 19 heavy (non-hydrogen) atoms. The van der Waals surface area contributed by atoms with E-state index in [2.05, 4.69) is 15.0 Å². The average Bonchev–Trinajstić information content (AvgIpc) is 2.26. The summed E-state index contributed by atoms with van der Waals surface area (Å²) in [6.07, 6.45) is 2.82. The van der Waals surface area contributed by atoms with E-state index in [4.69, 9.17) is 4.74 Å². The van der Waals surface area contributed by atoms with E-state index in [9.17, 15) is 8.42 Å². The predicted molar refractivity (Wildman–Crippen MR) is 74.6 cm³/mol. The molecule has 108 valence electrons. The van der Waals surface area contributed by atoms with Gasteiger partial charge < -0.3 is 10.1 Å². The summed E-state index contributed by atoms with van der Waals surface area (Å²) in [6.45, 7) is 4.70. The van der Waals surface area contributed by atoms with Crippen molar-refractivity contribution in [2.45, 2.75) is 25.9 Å². The Hall–Kier alpha value is -1.18. The fourth-order valence-corrected chi connectivity index (χ4v) is 2.87. The highest BCUT2D eigenvalue weighted by Crippen LogP contribution is 2.13. The van der Waals surface area contributed by atoms with Crippen LogP contribution in [0.2, 0.25) is 0 Å². The molecule has 0 atom stereocenters. The molecule has 0 aliphatic heterocycles. The third-order valence-electron chi connectivity index (χ3n) is 2.39. The highest BCUT2D eigenvalue weighted by molar-refractivity contribution is 7.88. The zero-order chi connectivity index (χ0) is 14.5. The molecule has 6 nitrogen and oxygen atoms in total. The molecule has 0 saturated heterocycles. The summed E-state index contributed by atoms with van der Waals surface area (Å²) in [5, 5.41) is 3.19. The third-order valence-corrected chi connectivity index (χ3v) is 3.31. The Kier molecular flexibility index (Phi) is 5.28. The molecule has 2 N–H and O–H groups in total. The summed E-state index contributed by atoms with van der Waals surface area (Å²) in [5.74, 6) is 0.573. The van der Waals surface area contributed by atoms with Gasteiger partial charge in [-0.25, -0.2) is 18.1 Å². The lowest BCUT2D eigenvalue weighted by Crippen LogP contribution is -2.49. The minimum atomic E-state index is -3.22. The molecule has 0 aliphatic rings. The van der Waals surface area contributed by atoms with E-state index in [0.717, 1.165) is 11.8 Å². The van der Waals surface area contributed by atoms with Crippen LogP contribution in [-0.4, -0.2) is 38.9 Å². The first-order valence-electron chi connectivity index (χ1n) is 5.91. The van der Waals surface area contributed by atoms with Crippen molar-refractivity contribution in [3.05, 3.63) is 23.9 Å². The van der Waals surface area contributed by atoms with E-state index >= 15 is 0 Å². The van der Waals surface area contributed by atoms with Gasteiger partial charge in [-0.15, -0.1) is 0 Å². The van der Waals surface area contributed by atoms with Gasteiger partial charge >= 0.3 is 0 Å². The van der Waals surface area contributed by atoms with E-state index < -0.39 is 15.6 Å². The zero-order valence-corrected chi connectivity index (χ0v) is 12.5. The minimum absolute atomic E-state index is 0.498. The van der Waals surface area contributed by atoms with Crippen LogP contribution >= 0.6 is 0 Å². The van der Waals surface area contributed by atoms with Gasteiger partial charge in [-0.2, -0.15) is 0 Å². The lowest BCUT2D eigenvalue weighted by molar-refractivity contribution is 0.384. The van der Waals surface area contributed by atoms with Crippen molar-refractivity contribution in [1.29, 1.82) is 0 Å². The van der Waals surface area contributed by atoms with Crippen molar-refractivity contribution < 1.29 is 13.2 Å². The van der Waals surface area contributed by atoms with Gasteiger partial charge in [-0.3, -0.25) is 0 Å². The Labute approximate surface area is 114 Å². The normalized spacial score (nSPS) is 12.4. The first kappa shape index (κ1) is 15.9. The van der Waals surface area contributed by atoms with Crippen molar-refractivity contribution in [2.75, 3.05) is 19.9 Å². The summed E-state index contributed by atoms with van der Waals surface area (Å²) in [7, 11) is -1.65. The molecule has 1 aromatic heterocycles. The fraction of sp³-hybridized carbons (Fsp3) is 0.583. The van der Waals surface area contributed by atoms with Crippen LogP contribution in [0.5, 0.6) is 5.88 Å². The molecule has 0 aromatic carbocycles. The van der Waals surface area contributed by atoms with Crippen LogP contribution in [0, 0.1) is 0 Å². The monoisotopic (exact) mass is 287 g/mol. The average molecular weight is 287 g/mol. The van der Waals surface area contributed by atoms with E-state index in [1.54, 1.807) is 13.3 Å². The van der Waals surface area contributed by atoms with E-state index in [0.29, 0.717) is 19.0 Å². The number of aromatic nitrogens is 1. The Bertz CT molecular complexity index is 515. The summed E-state index contributed by atoms with van der Waals surface area (Å²) < 4.78 is 30.1. The van der Waals surface area contributed by atoms with Crippen molar-refractivity contribution in [3.63, 3.8) is 0 Å². The second-order valence-electron chi connectivity index (χ2n) is 5.03. The van der Waals surface area contributed by atoms with Crippen LogP contribution in [0.3, 0.4) is 0 Å². The van der Waals surface area contributed by atoms with E-state index in [-0.39, 0.29) is 0 Å². The maximum absolute atomic E-state index is 11.2. The molecule has 0 bridgehead atoms. The standard InChI is InChI=1S/C12H21N3O3S/c1-12(2,15-19(4,16)17)9-13-8-10-6-5-7-14-11(10)18-3/h5-7,13,15H,8-9H2,1-4H3. The van der Waals surface area contributed by atoms with Crippen molar-refractivity contribution in [3.8, 4) is 5.88 Å². The summed E-state index contributed by atoms with van der Waals surface area (Å²) in [5.41, 5.74) is 0.378. The van der Waals surface area contributed by atoms with Crippen molar-refractivity contribution in [1.82, 2.24) is 15.0 Å². The Balaban J connectivity index is 2.54. The number of methoxy groups -OCH3 is 1. The SMILES string of the molecule is COc1ncccc1CNCC(C)(C)NS(C)(=O)=O. The molecule has 7 heteroatoms. The van der Waals surface area contributed by atoms with Crippen LogP contribution in [0.4, 0.5) is 0 Å². The number of ether oxygens (including phenoxy) is 1.